The molecule has 8 fully saturated rings. The van der Waals surface area contributed by atoms with Gasteiger partial charge in [-0.05, 0) is 73.9 Å². The minimum Gasteiger partial charge on any atom is -0.413 e. The van der Waals surface area contributed by atoms with Crippen LogP contribution in [0.5, 0.6) is 0 Å². The van der Waals surface area contributed by atoms with E-state index in [1.165, 1.54) is 0 Å². The number of aliphatic hydroxyl groups is 1. The second-order valence-electron chi connectivity index (χ2n) is 13.2. The molecule has 7 saturated carbocycles. The highest BCUT2D eigenvalue weighted by molar-refractivity contribution is 6.74. The Hall–Kier alpha value is -0.273. The van der Waals surface area contributed by atoms with Crippen LogP contribution in [0.25, 0.3) is 0 Å². The first-order chi connectivity index (χ1) is 14.4. The summed E-state index contributed by atoms with van der Waals surface area (Å²) in [5.74, 6) is 0.644. The molecule has 0 aromatic carbocycles. The predicted molar refractivity (Wildman–Crippen MR) is 119 cm³/mol. The van der Waals surface area contributed by atoms with Gasteiger partial charge in [0.25, 0.3) is 0 Å². The van der Waals surface area contributed by atoms with E-state index in [-0.39, 0.29) is 28.3 Å². The maximum Gasteiger partial charge on any atom is 0.192 e. The van der Waals surface area contributed by atoms with Crippen molar-refractivity contribution in [3.63, 3.8) is 0 Å². The van der Waals surface area contributed by atoms with E-state index in [0.717, 1.165) is 44.9 Å². The molecule has 1 unspecified atom stereocenters. The van der Waals surface area contributed by atoms with Crippen LogP contribution in [-0.2, 0) is 18.7 Å². The Balaban J connectivity index is 1.50. The molecular formula is C25H40O5Si. The third kappa shape index (κ3) is 2.30. The molecule has 8 rings (SSSR count). The summed E-state index contributed by atoms with van der Waals surface area (Å²) < 4.78 is 19.8. The highest BCUT2D eigenvalue weighted by atomic mass is 28.4. The lowest BCUT2D eigenvalue weighted by molar-refractivity contribution is -0.380. The molecule has 5 bridgehead atoms. The van der Waals surface area contributed by atoms with Gasteiger partial charge in [0, 0.05) is 18.8 Å². The topological polar surface area (TPSA) is 65.0 Å². The number of hydrogen-bond donors (Lipinski definition) is 1. The van der Waals surface area contributed by atoms with Crippen LogP contribution in [0.3, 0.4) is 0 Å². The standard InChI is InChI=1S/C25H40O5Si/c1-21(2,3)31(4,5)30-20-17-13-16-14-18-22(17,15-25(16)28-11-12-29-25)9-10-23(20)19(26)7-6-8-24(18,23)27/h16-18,20,27H,6-15H2,1-5H3/t16?,17-,18-,20-,22-,23+,24+/m1/s1. The summed E-state index contributed by atoms with van der Waals surface area (Å²) in [4.78, 5) is 13.8. The monoisotopic (exact) mass is 448 g/mol. The zero-order valence-electron chi connectivity index (χ0n) is 20.0. The normalized spacial score (nSPS) is 50.2. The first kappa shape index (κ1) is 21.3. The van der Waals surface area contributed by atoms with Crippen molar-refractivity contribution in [3.8, 4) is 0 Å². The van der Waals surface area contributed by atoms with Crippen molar-refractivity contribution in [2.24, 2.45) is 28.6 Å². The Bertz CT molecular complexity index is 813. The van der Waals surface area contributed by atoms with E-state index in [4.69, 9.17) is 13.9 Å². The van der Waals surface area contributed by atoms with Gasteiger partial charge < -0.3 is 19.0 Å². The number of carbonyl (C=O) groups excluding carboxylic acids is 1. The molecule has 174 valence electrons. The summed E-state index contributed by atoms with van der Waals surface area (Å²) in [7, 11) is -2.13. The molecule has 1 N–H and O–H groups in total. The molecule has 7 atom stereocenters. The van der Waals surface area contributed by atoms with Crippen LogP contribution < -0.4 is 0 Å². The molecule has 5 nitrogen and oxygen atoms in total. The van der Waals surface area contributed by atoms with Crippen LogP contribution in [0.1, 0.15) is 72.1 Å². The van der Waals surface area contributed by atoms with Gasteiger partial charge >= 0.3 is 0 Å². The fraction of sp³-hybridized carbons (Fsp3) is 0.960. The summed E-state index contributed by atoms with van der Waals surface area (Å²) in [5.41, 5.74) is -1.66. The van der Waals surface area contributed by atoms with Gasteiger partial charge in [0.05, 0.1) is 30.3 Å². The van der Waals surface area contributed by atoms with Crippen LogP contribution in [0, 0.1) is 28.6 Å². The zero-order chi connectivity index (χ0) is 22.1. The van der Waals surface area contributed by atoms with Crippen molar-refractivity contribution in [1.82, 2.24) is 0 Å². The quantitative estimate of drug-likeness (QED) is 0.633. The van der Waals surface area contributed by atoms with Gasteiger partial charge in [0.2, 0.25) is 0 Å². The first-order valence-corrected chi connectivity index (χ1v) is 15.5. The predicted octanol–water partition coefficient (Wildman–Crippen LogP) is 4.43. The number of fused-ring (bicyclic) bond motifs is 1. The van der Waals surface area contributed by atoms with Gasteiger partial charge in [-0.25, -0.2) is 0 Å². The van der Waals surface area contributed by atoms with Crippen LogP contribution in [0.4, 0.5) is 0 Å². The van der Waals surface area contributed by atoms with E-state index in [0.29, 0.717) is 31.5 Å². The number of rotatable bonds is 2. The van der Waals surface area contributed by atoms with Crippen LogP contribution in [0.2, 0.25) is 18.1 Å². The van der Waals surface area contributed by atoms with E-state index >= 15 is 0 Å². The average molecular weight is 449 g/mol. The fourth-order valence-corrected chi connectivity index (χ4v) is 10.4. The van der Waals surface area contributed by atoms with Gasteiger partial charge in [-0.15, -0.1) is 0 Å². The molecule has 6 heteroatoms. The van der Waals surface area contributed by atoms with E-state index in [1.54, 1.807) is 0 Å². The maximum absolute atomic E-state index is 13.8. The second-order valence-corrected chi connectivity index (χ2v) is 18.0. The summed E-state index contributed by atoms with van der Waals surface area (Å²) >= 11 is 0. The molecule has 0 amide bonds. The first-order valence-electron chi connectivity index (χ1n) is 12.6. The molecule has 0 aromatic heterocycles. The Kier molecular flexibility index (Phi) is 4.15. The van der Waals surface area contributed by atoms with Gasteiger partial charge in [-0.3, -0.25) is 4.79 Å². The Morgan fingerprint density at radius 1 is 1.10 bits per heavy atom. The fourth-order valence-electron chi connectivity index (χ4n) is 9.03. The van der Waals surface area contributed by atoms with Crippen molar-refractivity contribution in [1.29, 1.82) is 0 Å². The Morgan fingerprint density at radius 3 is 2.48 bits per heavy atom. The lowest BCUT2D eigenvalue weighted by Crippen LogP contribution is -2.83. The molecule has 7 aliphatic carbocycles. The summed E-state index contributed by atoms with van der Waals surface area (Å²) in [6.07, 6.45) is 6.62. The number of ether oxygens (including phenoxy) is 2. The van der Waals surface area contributed by atoms with Crippen LogP contribution >= 0.6 is 0 Å². The van der Waals surface area contributed by atoms with E-state index in [1.807, 2.05) is 0 Å². The number of Topliss-reactive ketones (excluding diaryl/α,β-unsaturated/α-hetero) is 1. The summed E-state index contributed by atoms with van der Waals surface area (Å²) in [6.45, 7) is 12.8. The highest BCUT2D eigenvalue weighted by Crippen LogP contribution is 2.79. The van der Waals surface area contributed by atoms with Crippen molar-refractivity contribution in [2.75, 3.05) is 13.2 Å². The molecule has 1 saturated heterocycles. The molecule has 0 radical (unpaired) electrons. The van der Waals surface area contributed by atoms with Crippen molar-refractivity contribution in [2.45, 2.75) is 108 Å². The minimum absolute atomic E-state index is 0.0275. The number of hydrogen-bond acceptors (Lipinski definition) is 5. The van der Waals surface area contributed by atoms with Gasteiger partial charge in [0.1, 0.15) is 5.78 Å². The Labute approximate surface area is 187 Å². The minimum atomic E-state index is -2.13. The third-order valence-corrected chi connectivity index (χ3v) is 15.8. The lowest BCUT2D eigenvalue weighted by atomic mass is 9.29. The van der Waals surface area contributed by atoms with Crippen molar-refractivity contribution in [3.05, 3.63) is 0 Å². The average Bonchev–Trinajstić information content (AvgIpc) is 3.13. The summed E-state index contributed by atoms with van der Waals surface area (Å²) in [6, 6.07) is 0. The van der Waals surface area contributed by atoms with Crippen molar-refractivity contribution < 1.29 is 23.8 Å². The second kappa shape index (κ2) is 6.04. The maximum atomic E-state index is 13.8. The van der Waals surface area contributed by atoms with Crippen molar-refractivity contribution >= 4 is 14.1 Å². The third-order valence-electron chi connectivity index (χ3n) is 11.3. The smallest absolute Gasteiger partial charge is 0.192 e. The number of carbonyl (C=O) groups is 1. The molecule has 8 aliphatic rings. The zero-order valence-corrected chi connectivity index (χ0v) is 21.0. The highest BCUT2D eigenvalue weighted by Gasteiger charge is 2.83. The SMILES string of the molecule is CC(C)(C)[Si](C)(C)O[C@@H]1[C@H]2CC3C[C@@H]4[C@]2(CC[C@]12C(=O)CCC[C@]42O)CC31OCCO1. The molecular weight excluding hydrogens is 408 g/mol. The molecule has 1 aliphatic heterocycles. The van der Waals surface area contributed by atoms with Crippen LogP contribution in [-0.4, -0.2) is 49.9 Å². The molecule has 31 heavy (non-hydrogen) atoms. The van der Waals surface area contributed by atoms with Gasteiger partial charge in [-0.1, -0.05) is 20.8 Å². The summed E-state index contributed by atoms with van der Waals surface area (Å²) in [5, 5.41) is 12.6. The van der Waals surface area contributed by atoms with Crippen LogP contribution in [0.15, 0.2) is 0 Å². The van der Waals surface area contributed by atoms with E-state index < -0.39 is 25.1 Å². The molecule has 0 aromatic rings. The number of ketones is 1. The van der Waals surface area contributed by atoms with E-state index in [9.17, 15) is 9.90 Å². The Morgan fingerprint density at radius 2 is 1.81 bits per heavy atom. The largest absolute Gasteiger partial charge is 0.413 e. The molecule has 3 spiro atoms. The lowest BCUT2D eigenvalue weighted by Gasteiger charge is -2.78. The van der Waals surface area contributed by atoms with E-state index in [2.05, 4.69) is 33.9 Å². The van der Waals surface area contributed by atoms with Gasteiger partial charge in [-0.2, -0.15) is 0 Å². The van der Waals surface area contributed by atoms with Gasteiger partial charge in [0.15, 0.2) is 14.1 Å². The molecule has 1 heterocycles.